The molecule has 76 valence electrons. The van der Waals surface area contributed by atoms with Crippen LogP contribution in [0.15, 0.2) is 12.1 Å². The van der Waals surface area contributed by atoms with E-state index in [1.54, 1.807) is 12.1 Å². The first-order chi connectivity index (χ1) is 6.70. The minimum atomic E-state index is -0.507. The molecule has 2 nitrogen and oxygen atoms in total. The molecule has 0 unspecified atom stereocenters. The summed E-state index contributed by atoms with van der Waals surface area (Å²) in [4.78, 5) is 10.1. The third-order valence-electron chi connectivity index (χ3n) is 1.88. The first-order valence-corrected chi connectivity index (χ1v) is 4.53. The maximum absolute atomic E-state index is 13.4. The monoisotopic (exact) mass is 216 g/mol. The van der Waals surface area contributed by atoms with Gasteiger partial charge in [-0.05, 0) is 18.1 Å². The van der Waals surface area contributed by atoms with Gasteiger partial charge in [-0.15, -0.1) is 0 Å². The molecule has 0 aliphatic rings. The number of methoxy groups -OCH3 is 1. The quantitative estimate of drug-likeness (QED) is 0.724. The van der Waals surface area contributed by atoms with Gasteiger partial charge in [0.05, 0.1) is 7.11 Å². The van der Waals surface area contributed by atoms with E-state index in [0.29, 0.717) is 24.2 Å². The van der Waals surface area contributed by atoms with E-state index in [1.807, 2.05) is 0 Å². The van der Waals surface area contributed by atoms with Crippen LogP contribution in [0.2, 0.25) is 5.02 Å². The zero-order valence-electron chi connectivity index (χ0n) is 7.72. The number of ether oxygens (including phenoxy) is 1. The van der Waals surface area contributed by atoms with E-state index in [-0.39, 0.29) is 5.02 Å². The number of benzene rings is 1. The normalized spacial score (nSPS) is 9.93. The highest BCUT2D eigenvalue weighted by Crippen LogP contribution is 2.29. The van der Waals surface area contributed by atoms with E-state index in [2.05, 4.69) is 0 Å². The molecule has 0 spiro atoms. The summed E-state index contributed by atoms with van der Waals surface area (Å²) in [7, 11) is 1.42. The molecule has 1 rings (SSSR count). The summed E-state index contributed by atoms with van der Waals surface area (Å²) in [6.45, 7) is 0. The van der Waals surface area contributed by atoms with E-state index in [4.69, 9.17) is 16.3 Å². The zero-order valence-corrected chi connectivity index (χ0v) is 8.47. The van der Waals surface area contributed by atoms with Crippen molar-refractivity contribution in [2.75, 3.05) is 7.11 Å². The number of carbonyl (C=O) groups is 1. The lowest BCUT2D eigenvalue weighted by atomic mass is 10.1. The second-order valence-corrected chi connectivity index (χ2v) is 3.14. The van der Waals surface area contributed by atoms with Crippen LogP contribution in [0.3, 0.4) is 0 Å². The van der Waals surface area contributed by atoms with Gasteiger partial charge in [-0.2, -0.15) is 0 Å². The first kappa shape index (κ1) is 11.0. The summed E-state index contributed by atoms with van der Waals surface area (Å²) >= 11 is 5.69. The Morgan fingerprint density at radius 1 is 1.57 bits per heavy atom. The van der Waals surface area contributed by atoms with Crippen molar-refractivity contribution in [2.45, 2.75) is 12.8 Å². The highest BCUT2D eigenvalue weighted by Gasteiger charge is 2.11. The van der Waals surface area contributed by atoms with Crippen LogP contribution in [-0.2, 0) is 11.2 Å². The summed E-state index contributed by atoms with van der Waals surface area (Å²) < 4.78 is 18.3. The zero-order chi connectivity index (χ0) is 10.6. The Balaban J connectivity index is 2.98. The first-order valence-electron chi connectivity index (χ1n) is 4.15. The molecule has 0 aliphatic heterocycles. The molecule has 0 aliphatic carbocycles. The van der Waals surface area contributed by atoms with Crippen LogP contribution in [-0.4, -0.2) is 13.4 Å². The van der Waals surface area contributed by atoms with E-state index in [0.717, 1.165) is 6.29 Å². The number of aldehydes is 1. The summed E-state index contributed by atoms with van der Waals surface area (Å²) in [5.74, 6) is -0.202. The molecule has 0 saturated carbocycles. The molecule has 0 N–H and O–H groups in total. The number of hydrogen-bond donors (Lipinski definition) is 0. The van der Waals surface area contributed by atoms with Crippen LogP contribution in [0.1, 0.15) is 12.0 Å². The third-order valence-corrected chi connectivity index (χ3v) is 2.23. The van der Waals surface area contributed by atoms with E-state index in [1.165, 1.54) is 7.11 Å². The van der Waals surface area contributed by atoms with E-state index in [9.17, 15) is 9.18 Å². The fourth-order valence-corrected chi connectivity index (χ4v) is 1.40. The highest BCUT2D eigenvalue weighted by atomic mass is 35.5. The molecule has 0 bridgehead atoms. The van der Waals surface area contributed by atoms with Crippen LogP contribution in [0.5, 0.6) is 5.75 Å². The van der Waals surface area contributed by atoms with Gasteiger partial charge in [0.15, 0.2) is 0 Å². The van der Waals surface area contributed by atoms with Crippen LogP contribution in [0, 0.1) is 5.82 Å². The smallest absolute Gasteiger partial charge is 0.148 e. The Hall–Kier alpha value is -1.09. The standard InChI is InChI=1S/C10H10ClFO2/c1-14-8-5-4-7(3-2-6-13)10(12)9(8)11/h4-6H,2-3H2,1H3. The fourth-order valence-electron chi connectivity index (χ4n) is 1.14. The Bertz CT molecular complexity index is 339. The molecule has 0 radical (unpaired) electrons. The average Bonchev–Trinajstić information content (AvgIpc) is 2.20. The lowest BCUT2D eigenvalue weighted by Gasteiger charge is -2.06. The van der Waals surface area contributed by atoms with Gasteiger partial charge >= 0.3 is 0 Å². The topological polar surface area (TPSA) is 26.3 Å². The Labute approximate surface area is 86.6 Å². The van der Waals surface area contributed by atoms with Crippen molar-refractivity contribution >= 4 is 17.9 Å². The van der Waals surface area contributed by atoms with Gasteiger partial charge in [0, 0.05) is 6.42 Å². The van der Waals surface area contributed by atoms with Gasteiger partial charge in [0.2, 0.25) is 0 Å². The van der Waals surface area contributed by atoms with Crippen molar-refractivity contribution < 1.29 is 13.9 Å². The summed E-state index contributed by atoms with van der Waals surface area (Å²) in [5.41, 5.74) is 0.433. The fraction of sp³-hybridized carbons (Fsp3) is 0.300. The molecule has 0 amide bonds. The molecule has 14 heavy (non-hydrogen) atoms. The third kappa shape index (κ3) is 2.23. The molecule has 1 aromatic rings. The summed E-state index contributed by atoms with van der Waals surface area (Å²) in [5, 5.41) is -0.0316. The lowest BCUT2D eigenvalue weighted by molar-refractivity contribution is -0.107. The van der Waals surface area contributed by atoms with Crippen molar-refractivity contribution in [3.8, 4) is 5.75 Å². The number of rotatable bonds is 4. The predicted octanol–water partition coefficient (Wildman–Crippen LogP) is 2.62. The Morgan fingerprint density at radius 3 is 2.86 bits per heavy atom. The largest absolute Gasteiger partial charge is 0.495 e. The molecular formula is C10H10ClFO2. The van der Waals surface area contributed by atoms with Crippen LogP contribution in [0.25, 0.3) is 0 Å². The summed E-state index contributed by atoms with van der Waals surface area (Å²) in [6.07, 6.45) is 1.40. The van der Waals surface area contributed by atoms with Gasteiger partial charge in [-0.1, -0.05) is 17.7 Å². The maximum Gasteiger partial charge on any atom is 0.148 e. The molecular weight excluding hydrogens is 207 g/mol. The van der Waals surface area contributed by atoms with E-state index < -0.39 is 5.82 Å². The highest BCUT2D eigenvalue weighted by molar-refractivity contribution is 6.32. The molecule has 0 atom stereocenters. The molecule has 0 aromatic heterocycles. The van der Waals surface area contributed by atoms with Crippen molar-refractivity contribution in [1.29, 1.82) is 0 Å². The Morgan fingerprint density at radius 2 is 2.29 bits per heavy atom. The minimum Gasteiger partial charge on any atom is -0.495 e. The number of hydrogen-bond acceptors (Lipinski definition) is 2. The molecule has 4 heteroatoms. The van der Waals surface area contributed by atoms with Crippen molar-refractivity contribution in [1.82, 2.24) is 0 Å². The Kier molecular flexibility index (Phi) is 3.89. The SMILES string of the molecule is COc1ccc(CCC=O)c(F)c1Cl. The number of carbonyl (C=O) groups excluding carboxylic acids is 1. The second-order valence-electron chi connectivity index (χ2n) is 2.76. The van der Waals surface area contributed by atoms with Crippen LogP contribution in [0.4, 0.5) is 4.39 Å². The van der Waals surface area contributed by atoms with Crippen LogP contribution >= 0.6 is 11.6 Å². The summed E-state index contributed by atoms with van der Waals surface area (Å²) in [6, 6.07) is 3.16. The second kappa shape index (κ2) is 4.96. The lowest BCUT2D eigenvalue weighted by Crippen LogP contribution is -1.95. The van der Waals surface area contributed by atoms with Crippen molar-refractivity contribution in [3.05, 3.63) is 28.5 Å². The van der Waals surface area contributed by atoms with Crippen LogP contribution < -0.4 is 4.74 Å². The van der Waals surface area contributed by atoms with E-state index >= 15 is 0 Å². The molecule has 1 aromatic carbocycles. The average molecular weight is 217 g/mol. The van der Waals surface area contributed by atoms with Gasteiger partial charge < -0.3 is 9.53 Å². The molecule has 0 saturated heterocycles. The van der Waals surface area contributed by atoms with Gasteiger partial charge in [-0.3, -0.25) is 0 Å². The molecule has 0 heterocycles. The number of aryl methyl sites for hydroxylation is 1. The predicted molar refractivity (Wildman–Crippen MR) is 52.3 cm³/mol. The van der Waals surface area contributed by atoms with Crippen molar-refractivity contribution in [3.63, 3.8) is 0 Å². The van der Waals surface area contributed by atoms with Gasteiger partial charge in [0.1, 0.15) is 22.9 Å². The van der Waals surface area contributed by atoms with Gasteiger partial charge in [-0.25, -0.2) is 4.39 Å². The number of halogens is 2. The van der Waals surface area contributed by atoms with Gasteiger partial charge in [0.25, 0.3) is 0 Å². The maximum atomic E-state index is 13.4. The van der Waals surface area contributed by atoms with Crippen molar-refractivity contribution in [2.24, 2.45) is 0 Å². The minimum absolute atomic E-state index is 0.0316. The molecule has 0 fully saturated rings.